The second-order valence-corrected chi connectivity index (χ2v) is 7.74. The molecule has 0 saturated carbocycles. The molecule has 30 heavy (non-hydrogen) atoms. The Kier molecular flexibility index (Phi) is 10.4. The summed E-state index contributed by atoms with van der Waals surface area (Å²) in [6.45, 7) is 5.51. The number of carbonyl (C=O) groups is 2. The Hall–Kier alpha value is -2.32. The molecule has 0 spiro atoms. The summed E-state index contributed by atoms with van der Waals surface area (Å²) in [5.41, 5.74) is 6.13. The van der Waals surface area contributed by atoms with E-state index in [0.717, 1.165) is 56.8 Å². The minimum absolute atomic E-state index is 0.230. The lowest BCUT2D eigenvalue weighted by atomic mass is 10.1. The number of carbonyl (C=O) groups excluding carboxylic acids is 2. The highest BCUT2D eigenvalue weighted by Crippen LogP contribution is 2.15. The van der Waals surface area contributed by atoms with Crippen LogP contribution in [0.25, 0.3) is 0 Å². The number of nitrogens with two attached hydrogens (primary N) is 1. The first-order valence-electron chi connectivity index (χ1n) is 10.8. The monoisotopic (exact) mass is 420 g/mol. The molecule has 0 bridgehead atoms. The Balaban J connectivity index is 1.78. The highest BCUT2D eigenvalue weighted by molar-refractivity contribution is 5.86. The predicted octanol–water partition coefficient (Wildman–Crippen LogP) is 2.02. The van der Waals surface area contributed by atoms with Gasteiger partial charge in [-0.25, -0.2) is 4.79 Å². The van der Waals surface area contributed by atoms with Gasteiger partial charge in [0.1, 0.15) is 18.4 Å². The number of primary amides is 1. The van der Waals surface area contributed by atoms with E-state index in [9.17, 15) is 9.59 Å². The molecule has 1 aromatic carbocycles. The van der Waals surface area contributed by atoms with Crippen LogP contribution in [0.15, 0.2) is 24.3 Å². The van der Waals surface area contributed by atoms with Crippen molar-refractivity contribution in [3.8, 4) is 5.75 Å². The van der Waals surface area contributed by atoms with Crippen LogP contribution in [-0.4, -0.2) is 62.3 Å². The molecule has 1 aliphatic heterocycles. The molecular weight excluding hydrogens is 384 g/mol. The van der Waals surface area contributed by atoms with E-state index >= 15 is 0 Å². The fraction of sp³-hybridized carbons (Fsp3) is 0.636. The normalized spacial score (nSPS) is 15.6. The van der Waals surface area contributed by atoms with E-state index in [1.165, 1.54) is 0 Å². The third-order valence-electron chi connectivity index (χ3n) is 5.37. The van der Waals surface area contributed by atoms with Crippen LogP contribution in [0.4, 0.5) is 4.79 Å². The minimum atomic E-state index is -0.688. The molecule has 8 heteroatoms. The van der Waals surface area contributed by atoms with Gasteiger partial charge in [-0.15, -0.1) is 0 Å². The Morgan fingerprint density at radius 1 is 1.33 bits per heavy atom. The molecule has 1 unspecified atom stereocenters. The Morgan fingerprint density at radius 3 is 2.80 bits per heavy atom. The van der Waals surface area contributed by atoms with Gasteiger partial charge in [-0.05, 0) is 44.0 Å². The number of ether oxygens (including phenoxy) is 2. The standard InChI is InChI=1S/C22H36N4O4/c1-3-4-8-20(25-22(23)28)21(27)24-16-17-6-5-7-19(15-17)30-14-11-26(2)18-9-12-29-13-10-18/h5-7,15,18,20H,3-4,8-14,16H2,1-2H3,(H,24,27)(H3,23,25,28). The number of unbranched alkanes of at least 4 members (excludes halogenated alkanes) is 1. The molecule has 2 rings (SSSR count). The van der Waals surface area contributed by atoms with E-state index in [1.807, 2.05) is 31.2 Å². The minimum Gasteiger partial charge on any atom is -0.492 e. The first-order chi connectivity index (χ1) is 14.5. The van der Waals surface area contributed by atoms with Crippen molar-refractivity contribution in [1.29, 1.82) is 0 Å². The van der Waals surface area contributed by atoms with Crippen LogP contribution >= 0.6 is 0 Å². The summed E-state index contributed by atoms with van der Waals surface area (Å²) in [5, 5.41) is 5.39. The Bertz CT molecular complexity index is 664. The number of likely N-dealkylation sites (N-methyl/N-ethyl adjacent to an activating group) is 1. The summed E-state index contributed by atoms with van der Waals surface area (Å²) in [6, 6.07) is 6.95. The van der Waals surface area contributed by atoms with Crippen molar-refractivity contribution in [1.82, 2.24) is 15.5 Å². The maximum Gasteiger partial charge on any atom is 0.312 e. The summed E-state index contributed by atoms with van der Waals surface area (Å²) in [6.07, 6.45) is 4.47. The van der Waals surface area contributed by atoms with E-state index in [0.29, 0.717) is 25.6 Å². The van der Waals surface area contributed by atoms with Crippen LogP contribution in [0.2, 0.25) is 0 Å². The van der Waals surface area contributed by atoms with Crippen LogP contribution in [-0.2, 0) is 16.1 Å². The third-order valence-corrected chi connectivity index (χ3v) is 5.37. The number of benzene rings is 1. The summed E-state index contributed by atoms with van der Waals surface area (Å²) in [7, 11) is 2.13. The van der Waals surface area contributed by atoms with Gasteiger partial charge in [-0.1, -0.05) is 31.9 Å². The molecule has 168 valence electrons. The van der Waals surface area contributed by atoms with Gasteiger partial charge in [0.15, 0.2) is 0 Å². The second-order valence-electron chi connectivity index (χ2n) is 7.74. The number of hydrogen-bond acceptors (Lipinski definition) is 5. The Labute approximate surface area is 179 Å². The van der Waals surface area contributed by atoms with Crippen LogP contribution in [0.1, 0.15) is 44.6 Å². The van der Waals surface area contributed by atoms with Crippen molar-refractivity contribution in [2.45, 2.75) is 57.7 Å². The summed E-state index contributed by atoms with van der Waals surface area (Å²) in [5.74, 6) is 0.548. The van der Waals surface area contributed by atoms with Gasteiger partial charge in [-0.3, -0.25) is 9.69 Å². The first kappa shape index (κ1) is 24.0. The van der Waals surface area contributed by atoms with Gasteiger partial charge in [0, 0.05) is 32.3 Å². The lowest BCUT2D eigenvalue weighted by molar-refractivity contribution is -0.123. The summed E-state index contributed by atoms with van der Waals surface area (Å²) in [4.78, 5) is 25.9. The Morgan fingerprint density at radius 2 is 2.10 bits per heavy atom. The number of amides is 3. The zero-order valence-corrected chi connectivity index (χ0v) is 18.2. The number of rotatable bonds is 12. The number of nitrogens with one attached hydrogen (secondary N) is 2. The van der Waals surface area contributed by atoms with Crippen LogP contribution in [0.3, 0.4) is 0 Å². The van der Waals surface area contributed by atoms with Gasteiger partial charge in [-0.2, -0.15) is 0 Å². The van der Waals surface area contributed by atoms with Gasteiger partial charge >= 0.3 is 6.03 Å². The van der Waals surface area contributed by atoms with Gasteiger partial charge in [0.05, 0.1) is 0 Å². The molecule has 0 aromatic heterocycles. The number of hydrogen-bond donors (Lipinski definition) is 3. The fourth-order valence-corrected chi connectivity index (χ4v) is 3.52. The molecule has 0 aliphatic carbocycles. The van der Waals surface area contributed by atoms with Crippen molar-refractivity contribution in [2.24, 2.45) is 5.73 Å². The number of nitrogens with zero attached hydrogens (tertiary/aromatic N) is 1. The molecule has 0 radical (unpaired) electrons. The molecule has 8 nitrogen and oxygen atoms in total. The van der Waals surface area contributed by atoms with Gasteiger partial charge in [0.25, 0.3) is 0 Å². The lowest BCUT2D eigenvalue weighted by Crippen LogP contribution is -2.48. The molecule has 1 aromatic rings. The van der Waals surface area contributed by atoms with Crippen molar-refractivity contribution < 1.29 is 19.1 Å². The highest BCUT2D eigenvalue weighted by atomic mass is 16.5. The smallest absolute Gasteiger partial charge is 0.312 e. The van der Waals surface area contributed by atoms with E-state index in [1.54, 1.807) is 0 Å². The molecule has 1 atom stereocenters. The highest BCUT2D eigenvalue weighted by Gasteiger charge is 2.19. The van der Waals surface area contributed by atoms with Crippen molar-refractivity contribution in [2.75, 3.05) is 33.4 Å². The first-order valence-corrected chi connectivity index (χ1v) is 10.8. The lowest BCUT2D eigenvalue weighted by Gasteiger charge is -2.31. The summed E-state index contributed by atoms with van der Waals surface area (Å²) < 4.78 is 11.3. The molecule has 1 fully saturated rings. The topological polar surface area (TPSA) is 106 Å². The SMILES string of the molecule is CCCCC(NC(N)=O)C(=O)NCc1cccc(OCCN(C)C2CCOCC2)c1. The third kappa shape index (κ3) is 8.59. The van der Waals surface area contributed by atoms with Crippen LogP contribution in [0.5, 0.6) is 5.75 Å². The van der Waals surface area contributed by atoms with Crippen LogP contribution in [0, 0.1) is 0 Å². The van der Waals surface area contributed by atoms with Crippen molar-refractivity contribution in [3.63, 3.8) is 0 Å². The zero-order chi connectivity index (χ0) is 21.8. The summed E-state index contributed by atoms with van der Waals surface area (Å²) >= 11 is 0. The van der Waals surface area contributed by atoms with Gasteiger partial charge < -0.3 is 25.8 Å². The second kappa shape index (κ2) is 13.1. The average Bonchev–Trinajstić information content (AvgIpc) is 2.75. The predicted molar refractivity (Wildman–Crippen MR) is 116 cm³/mol. The maximum absolute atomic E-state index is 12.4. The molecule has 3 amide bonds. The maximum atomic E-state index is 12.4. The van der Waals surface area contributed by atoms with Crippen molar-refractivity contribution in [3.05, 3.63) is 29.8 Å². The zero-order valence-electron chi connectivity index (χ0n) is 18.2. The van der Waals surface area contributed by atoms with Gasteiger partial charge in [0.2, 0.25) is 5.91 Å². The average molecular weight is 421 g/mol. The quantitative estimate of drug-likeness (QED) is 0.480. The van der Waals surface area contributed by atoms with Crippen LogP contribution < -0.4 is 21.1 Å². The van der Waals surface area contributed by atoms with E-state index in [-0.39, 0.29) is 5.91 Å². The largest absolute Gasteiger partial charge is 0.492 e. The molecule has 1 saturated heterocycles. The van der Waals surface area contributed by atoms with E-state index in [2.05, 4.69) is 22.6 Å². The number of urea groups is 1. The molecular formula is C22H36N4O4. The molecule has 4 N–H and O–H groups in total. The van der Waals surface area contributed by atoms with E-state index in [4.69, 9.17) is 15.2 Å². The molecule has 1 aliphatic rings. The van der Waals surface area contributed by atoms with Crippen molar-refractivity contribution >= 4 is 11.9 Å². The van der Waals surface area contributed by atoms with E-state index < -0.39 is 12.1 Å². The fourth-order valence-electron chi connectivity index (χ4n) is 3.52. The molecule has 1 heterocycles.